The number of ketones is 1. The molecule has 92 valence electrons. The second-order valence-corrected chi connectivity index (χ2v) is 4.11. The molecule has 0 heterocycles. The molecular formula is C14H13NO3. The van der Waals surface area contributed by atoms with Gasteiger partial charge in [-0.1, -0.05) is 12.1 Å². The minimum absolute atomic E-state index is 0.0694. The van der Waals surface area contributed by atoms with Gasteiger partial charge in [0, 0.05) is 12.6 Å². The van der Waals surface area contributed by atoms with Crippen molar-refractivity contribution in [2.75, 3.05) is 5.32 Å². The Hall–Kier alpha value is -2.36. The average molecular weight is 243 g/mol. The van der Waals surface area contributed by atoms with E-state index in [1.165, 1.54) is 25.2 Å². The maximum absolute atomic E-state index is 11.7. The van der Waals surface area contributed by atoms with Crippen molar-refractivity contribution in [1.82, 2.24) is 0 Å². The van der Waals surface area contributed by atoms with Gasteiger partial charge in [0.15, 0.2) is 5.78 Å². The maximum atomic E-state index is 11.7. The number of benzene rings is 1. The van der Waals surface area contributed by atoms with Gasteiger partial charge in [-0.3, -0.25) is 9.59 Å². The lowest BCUT2D eigenvalue weighted by Gasteiger charge is -2.14. The van der Waals surface area contributed by atoms with Crippen LogP contribution in [-0.2, 0) is 9.59 Å². The van der Waals surface area contributed by atoms with Crippen LogP contribution >= 0.6 is 0 Å². The Labute approximate surface area is 105 Å². The topological polar surface area (TPSA) is 66.4 Å². The molecule has 0 fully saturated rings. The third-order valence-corrected chi connectivity index (χ3v) is 2.65. The van der Waals surface area contributed by atoms with Gasteiger partial charge in [-0.05, 0) is 35.9 Å². The molecule has 0 bridgehead atoms. The van der Waals surface area contributed by atoms with Crippen LogP contribution in [-0.4, -0.2) is 16.8 Å². The van der Waals surface area contributed by atoms with Gasteiger partial charge in [-0.25, -0.2) is 0 Å². The van der Waals surface area contributed by atoms with E-state index in [0.29, 0.717) is 5.69 Å². The Morgan fingerprint density at radius 1 is 1.22 bits per heavy atom. The fraction of sp³-hybridized carbons (Fsp3) is 0.143. The Morgan fingerprint density at radius 3 is 2.50 bits per heavy atom. The highest BCUT2D eigenvalue weighted by Crippen LogP contribution is 2.25. The molecule has 0 aromatic heterocycles. The summed E-state index contributed by atoms with van der Waals surface area (Å²) >= 11 is 0. The van der Waals surface area contributed by atoms with Crippen LogP contribution in [0, 0.1) is 0 Å². The Kier molecular flexibility index (Phi) is 3.28. The van der Waals surface area contributed by atoms with Gasteiger partial charge in [0.1, 0.15) is 5.76 Å². The fourth-order valence-corrected chi connectivity index (χ4v) is 1.82. The van der Waals surface area contributed by atoms with Crippen molar-refractivity contribution in [3.05, 3.63) is 53.8 Å². The quantitative estimate of drug-likeness (QED) is 0.837. The standard InChI is InChI=1S/C14H13NO3/c1-9(16)15-11-4-2-10(3-5-11)13-8-12(17)6-7-14(13)18/h2-8,13,17H,1H3,(H,15,16). The van der Waals surface area contributed by atoms with Crippen LogP contribution in [0.3, 0.4) is 0 Å². The number of amides is 1. The van der Waals surface area contributed by atoms with Gasteiger partial charge in [0.25, 0.3) is 0 Å². The van der Waals surface area contributed by atoms with Crippen molar-refractivity contribution < 1.29 is 14.7 Å². The monoisotopic (exact) mass is 243 g/mol. The molecule has 1 unspecified atom stereocenters. The zero-order valence-electron chi connectivity index (χ0n) is 9.88. The second-order valence-electron chi connectivity index (χ2n) is 4.11. The number of carbonyl (C=O) groups excluding carboxylic acids is 2. The zero-order valence-corrected chi connectivity index (χ0v) is 9.88. The van der Waals surface area contributed by atoms with E-state index < -0.39 is 5.92 Å². The normalized spacial score (nSPS) is 18.4. The molecule has 1 amide bonds. The minimum Gasteiger partial charge on any atom is -0.508 e. The number of allylic oxidation sites excluding steroid dienone is 3. The molecule has 0 saturated carbocycles. The average Bonchev–Trinajstić information content (AvgIpc) is 2.33. The van der Waals surface area contributed by atoms with Gasteiger partial charge in [0.05, 0.1) is 5.92 Å². The third kappa shape index (κ3) is 2.66. The number of nitrogens with one attached hydrogen (secondary N) is 1. The molecule has 0 spiro atoms. The van der Waals surface area contributed by atoms with E-state index in [-0.39, 0.29) is 17.4 Å². The van der Waals surface area contributed by atoms with Gasteiger partial charge < -0.3 is 10.4 Å². The lowest BCUT2D eigenvalue weighted by atomic mass is 9.91. The van der Waals surface area contributed by atoms with E-state index in [9.17, 15) is 14.7 Å². The summed E-state index contributed by atoms with van der Waals surface area (Å²) in [5, 5.41) is 12.0. The fourth-order valence-electron chi connectivity index (χ4n) is 1.82. The van der Waals surface area contributed by atoms with Crippen LogP contribution in [0.4, 0.5) is 5.69 Å². The Balaban J connectivity index is 2.22. The molecule has 2 N–H and O–H groups in total. The number of rotatable bonds is 2. The van der Waals surface area contributed by atoms with Crippen molar-refractivity contribution in [3.8, 4) is 0 Å². The highest BCUT2D eigenvalue weighted by Gasteiger charge is 2.19. The first-order valence-corrected chi connectivity index (χ1v) is 5.56. The molecular weight excluding hydrogens is 230 g/mol. The van der Waals surface area contributed by atoms with Gasteiger partial charge in [-0.15, -0.1) is 0 Å². The Bertz CT molecular complexity index is 541. The molecule has 0 aliphatic heterocycles. The number of hydrogen-bond acceptors (Lipinski definition) is 3. The smallest absolute Gasteiger partial charge is 0.221 e. The summed E-state index contributed by atoms with van der Waals surface area (Å²) in [4.78, 5) is 22.6. The molecule has 1 aliphatic rings. The SMILES string of the molecule is CC(=O)Nc1ccc(C2C=C(O)C=CC2=O)cc1. The molecule has 2 rings (SSSR count). The van der Waals surface area contributed by atoms with Crippen LogP contribution in [0.1, 0.15) is 18.4 Å². The molecule has 4 nitrogen and oxygen atoms in total. The number of aliphatic hydroxyl groups excluding tert-OH is 1. The van der Waals surface area contributed by atoms with Crippen molar-refractivity contribution in [3.63, 3.8) is 0 Å². The third-order valence-electron chi connectivity index (χ3n) is 2.65. The van der Waals surface area contributed by atoms with Crippen molar-refractivity contribution in [2.45, 2.75) is 12.8 Å². The molecule has 1 aromatic rings. The van der Waals surface area contributed by atoms with Gasteiger partial charge in [-0.2, -0.15) is 0 Å². The molecule has 4 heteroatoms. The van der Waals surface area contributed by atoms with Crippen molar-refractivity contribution >= 4 is 17.4 Å². The summed E-state index contributed by atoms with van der Waals surface area (Å²) in [7, 11) is 0. The lowest BCUT2D eigenvalue weighted by Crippen LogP contribution is -2.12. The van der Waals surface area contributed by atoms with Crippen LogP contribution in [0.25, 0.3) is 0 Å². The van der Waals surface area contributed by atoms with Crippen molar-refractivity contribution in [2.24, 2.45) is 0 Å². The molecule has 1 aromatic carbocycles. The van der Waals surface area contributed by atoms with E-state index >= 15 is 0 Å². The first-order chi connectivity index (χ1) is 8.56. The van der Waals surface area contributed by atoms with Gasteiger partial charge >= 0.3 is 0 Å². The van der Waals surface area contributed by atoms with E-state index in [1.54, 1.807) is 24.3 Å². The molecule has 1 aliphatic carbocycles. The summed E-state index contributed by atoms with van der Waals surface area (Å²) in [6, 6.07) is 6.98. The number of aliphatic hydroxyl groups is 1. The highest BCUT2D eigenvalue weighted by atomic mass is 16.3. The maximum Gasteiger partial charge on any atom is 0.221 e. The summed E-state index contributed by atoms with van der Waals surface area (Å²) in [6.07, 6.45) is 4.25. The number of anilines is 1. The van der Waals surface area contributed by atoms with Crippen molar-refractivity contribution in [1.29, 1.82) is 0 Å². The number of hydrogen-bond donors (Lipinski definition) is 2. The predicted molar refractivity (Wildman–Crippen MR) is 68.3 cm³/mol. The zero-order chi connectivity index (χ0) is 13.1. The molecule has 0 saturated heterocycles. The summed E-state index contributed by atoms with van der Waals surface area (Å²) in [5.74, 6) is -0.580. The molecule has 0 radical (unpaired) electrons. The highest BCUT2D eigenvalue weighted by molar-refractivity contribution is 5.98. The predicted octanol–water partition coefficient (Wildman–Crippen LogP) is 2.31. The Morgan fingerprint density at radius 2 is 1.89 bits per heavy atom. The molecule has 1 atom stereocenters. The van der Waals surface area contributed by atoms with E-state index in [0.717, 1.165) is 5.56 Å². The molecule has 18 heavy (non-hydrogen) atoms. The lowest BCUT2D eigenvalue weighted by molar-refractivity contribution is -0.115. The summed E-state index contributed by atoms with van der Waals surface area (Å²) in [6.45, 7) is 1.43. The first kappa shape index (κ1) is 12.1. The largest absolute Gasteiger partial charge is 0.508 e. The van der Waals surface area contributed by atoms with Gasteiger partial charge in [0.2, 0.25) is 5.91 Å². The number of carbonyl (C=O) groups is 2. The van der Waals surface area contributed by atoms with E-state index in [2.05, 4.69) is 5.32 Å². The van der Waals surface area contributed by atoms with Crippen LogP contribution in [0.5, 0.6) is 0 Å². The minimum atomic E-state index is -0.457. The van der Waals surface area contributed by atoms with E-state index in [4.69, 9.17) is 0 Å². The summed E-state index contributed by atoms with van der Waals surface area (Å²) in [5.41, 5.74) is 1.46. The van der Waals surface area contributed by atoms with Crippen LogP contribution in [0.2, 0.25) is 0 Å². The van der Waals surface area contributed by atoms with Crippen LogP contribution < -0.4 is 5.32 Å². The summed E-state index contributed by atoms with van der Waals surface area (Å²) < 4.78 is 0. The van der Waals surface area contributed by atoms with E-state index in [1.807, 2.05) is 0 Å². The second kappa shape index (κ2) is 4.87. The van der Waals surface area contributed by atoms with Crippen LogP contribution in [0.15, 0.2) is 48.3 Å². The first-order valence-electron chi connectivity index (χ1n) is 5.56.